The molecule has 0 spiro atoms. The van der Waals surface area contributed by atoms with E-state index in [2.05, 4.69) is 34.4 Å². The van der Waals surface area contributed by atoms with E-state index >= 15 is 0 Å². The molecule has 21 heavy (non-hydrogen) atoms. The number of aromatic nitrogens is 2. The summed E-state index contributed by atoms with van der Waals surface area (Å²) in [5, 5.41) is 7.33. The number of rotatable bonds is 6. The van der Waals surface area contributed by atoms with Gasteiger partial charge in [-0.3, -0.25) is 0 Å². The number of hydrogen-bond donors (Lipinski definition) is 2. The number of halogens is 1. The van der Waals surface area contributed by atoms with E-state index in [1.165, 1.54) is 5.56 Å². The van der Waals surface area contributed by atoms with Crippen molar-refractivity contribution in [2.24, 2.45) is 0 Å². The molecule has 2 N–H and O–H groups in total. The molecule has 0 amide bonds. The van der Waals surface area contributed by atoms with E-state index < -0.39 is 0 Å². The summed E-state index contributed by atoms with van der Waals surface area (Å²) >= 11 is 5.88. The molecule has 4 nitrogen and oxygen atoms in total. The third kappa shape index (κ3) is 5.23. The van der Waals surface area contributed by atoms with Gasteiger partial charge >= 0.3 is 0 Å². The van der Waals surface area contributed by atoms with Crippen molar-refractivity contribution in [2.75, 3.05) is 17.2 Å². The minimum Gasteiger partial charge on any atom is -0.370 e. The number of nitrogens with zero attached hydrogens (tertiary/aromatic N) is 2. The summed E-state index contributed by atoms with van der Waals surface area (Å²) in [6, 6.07) is 10.2. The average Bonchev–Trinajstić information content (AvgIpc) is 2.39. The van der Waals surface area contributed by atoms with Crippen molar-refractivity contribution in [3.8, 4) is 0 Å². The van der Waals surface area contributed by atoms with Gasteiger partial charge in [0.1, 0.15) is 5.82 Å². The van der Waals surface area contributed by atoms with Crippen LogP contribution in [0.2, 0.25) is 5.02 Å². The van der Waals surface area contributed by atoms with E-state index in [0.717, 1.165) is 29.5 Å². The lowest BCUT2D eigenvalue weighted by molar-refractivity contribution is 0.869. The Morgan fingerprint density at radius 2 is 1.86 bits per heavy atom. The van der Waals surface area contributed by atoms with Gasteiger partial charge in [-0.1, -0.05) is 23.7 Å². The maximum Gasteiger partial charge on any atom is 0.225 e. The van der Waals surface area contributed by atoms with Crippen molar-refractivity contribution in [1.29, 1.82) is 0 Å². The predicted molar refractivity (Wildman–Crippen MR) is 89.2 cm³/mol. The lowest BCUT2D eigenvalue weighted by Crippen LogP contribution is -2.14. The van der Waals surface area contributed by atoms with E-state index in [0.29, 0.717) is 12.0 Å². The molecule has 2 aromatic rings. The fraction of sp³-hybridized carbons (Fsp3) is 0.375. The zero-order valence-electron chi connectivity index (χ0n) is 12.7. The third-order valence-corrected chi connectivity index (χ3v) is 3.16. The first kappa shape index (κ1) is 15.6. The van der Waals surface area contributed by atoms with Crippen LogP contribution in [-0.4, -0.2) is 22.6 Å². The molecule has 0 aliphatic heterocycles. The van der Waals surface area contributed by atoms with Gasteiger partial charge in [-0.25, -0.2) is 4.98 Å². The van der Waals surface area contributed by atoms with Crippen molar-refractivity contribution in [3.05, 3.63) is 46.6 Å². The molecule has 0 saturated heterocycles. The maximum atomic E-state index is 5.88. The van der Waals surface area contributed by atoms with Crippen LogP contribution >= 0.6 is 11.6 Å². The average molecular weight is 305 g/mol. The van der Waals surface area contributed by atoms with Crippen LogP contribution < -0.4 is 10.6 Å². The minimum absolute atomic E-state index is 0.314. The number of nitrogens with one attached hydrogen (secondary N) is 2. The maximum absolute atomic E-state index is 5.88. The number of benzene rings is 1. The molecule has 0 fully saturated rings. The highest BCUT2D eigenvalue weighted by Gasteiger charge is 2.03. The SMILES string of the molecule is Cc1cc(NCCc2ccc(Cl)cc2)nc(NC(C)C)n1. The summed E-state index contributed by atoms with van der Waals surface area (Å²) in [5.74, 6) is 1.51. The standard InChI is InChI=1S/C16H21ClN4/c1-11(2)19-16-20-12(3)10-15(21-16)18-9-8-13-4-6-14(17)7-5-13/h4-7,10-11H,8-9H2,1-3H3,(H2,18,19,20,21). The molecular weight excluding hydrogens is 284 g/mol. The van der Waals surface area contributed by atoms with E-state index in [-0.39, 0.29) is 0 Å². The minimum atomic E-state index is 0.314. The summed E-state index contributed by atoms with van der Waals surface area (Å²) in [6.07, 6.45) is 0.924. The van der Waals surface area contributed by atoms with Gasteiger partial charge in [0, 0.05) is 29.4 Å². The molecule has 5 heteroatoms. The first-order chi connectivity index (χ1) is 10.0. The second-order valence-corrected chi connectivity index (χ2v) is 5.76. The fourth-order valence-corrected chi connectivity index (χ4v) is 2.09. The number of aryl methyl sites for hydroxylation is 1. The Morgan fingerprint density at radius 1 is 1.14 bits per heavy atom. The van der Waals surface area contributed by atoms with Crippen molar-refractivity contribution >= 4 is 23.4 Å². The molecule has 2 rings (SSSR count). The second-order valence-electron chi connectivity index (χ2n) is 5.32. The molecule has 1 aromatic heterocycles. The summed E-state index contributed by atoms with van der Waals surface area (Å²) < 4.78 is 0. The Morgan fingerprint density at radius 3 is 2.52 bits per heavy atom. The Kier molecular flexibility index (Phi) is 5.39. The van der Waals surface area contributed by atoms with Crippen LogP contribution in [0.5, 0.6) is 0 Å². The Labute approximate surface area is 131 Å². The molecule has 1 heterocycles. The third-order valence-electron chi connectivity index (χ3n) is 2.91. The molecule has 0 aliphatic rings. The molecule has 0 bridgehead atoms. The zero-order valence-corrected chi connectivity index (χ0v) is 13.4. The van der Waals surface area contributed by atoms with Crippen LogP contribution in [0, 0.1) is 6.92 Å². The van der Waals surface area contributed by atoms with Crippen molar-refractivity contribution < 1.29 is 0 Å². The van der Waals surface area contributed by atoms with Gasteiger partial charge in [-0.05, 0) is 44.9 Å². The molecular formula is C16H21ClN4. The predicted octanol–water partition coefficient (Wildman–Crippen LogP) is 3.91. The first-order valence-corrected chi connectivity index (χ1v) is 7.51. The smallest absolute Gasteiger partial charge is 0.225 e. The highest BCUT2D eigenvalue weighted by Crippen LogP contribution is 2.12. The molecule has 1 aromatic carbocycles. The number of hydrogen-bond acceptors (Lipinski definition) is 4. The van der Waals surface area contributed by atoms with Crippen LogP contribution in [0.25, 0.3) is 0 Å². The molecule has 0 atom stereocenters. The Bertz CT molecular complexity index is 581. The van der Waals surface area contributed by atoms with E-state index in [9.17, 15) is 0 Å². The highest BCUT2D eigenvalue weighted by molar-refractivity contribution is 6.30. The van der Waals surface area contributed by atoms with Crippen molar-refractivity contribution in [2.45, 2.75) is 33.2 Å². The summed E-state index contributed by atoms with van der Waals surface area (Å²) in [4.78, 5) is 8.84. The number of anilines is 2. The van der Waals surface area contributed by atoms with Crippen molar-refractivity contribution in [1.82, 2.24) is 9.97 Å². The van der Waals surface area contributed by atoms with E-state index in [1.807, 2.05) is 37.3 Å². The normalized spacial score (nSPS) is 10.7. The lowest BCUT2D eigenvalue weighted by Gasteiger charge is -2.11. The molecule has 0 saturated carbocycles. The lowest BCUT2D eigenvalue weighted by atomic mass is 10.1. The zero-order chi connectivity index (χ0) is 15.2. The van der Waals surface area contributed by atoms with Crippen LogP contribution in [0.1, 0.15) is 25.1 Å². The van der Waals surface area contributed by atoms with Gasteiger partial charge in [-0.15, -0.1) is 0 Å². The van der Waals surface area contributed by atoms with Gasteiger partial charge in [0.25, 0.3) is 0 Å². The van der Waals surface area contributed by atoms with Crippen LogP contribution in [0.3, 0.4) is 0 Å². The molecule has 0 aliphatic carbocycles. The molecule has 112 valence electrons. The van der Waals surface area contributed by atoms with E-state index in [1.54, 1.807) is 0 Å². The van der Waals surface area contributed by atoms with Gasteiger partial charge in [0.15, 0.2) is 0 Å². The highest BCUT2D eigenvalue weighted by atomic mass is 35.5. The largest absolute Gasteiger partial charge is 0.370 e. The van der Waals surface area contributed by atoms with Crippen LogP contribution in [0.15, 0.2) is 30.3 Å². The van der Waals surface area contributed by atoms with Gasteiger partial charge in [-0.2, -0.15) is 4.98 Å². The first-order valence-electron chi connectivity index (χ1n) is 7.13. The van der Waals surface area contributed by atoms with Crippen LogP contribution in [0.4, 0.5) is 11.8 Å². The van der Waals surface area contributed by atoms with Crippen LogP contribution in [-0.2, 0) is 6.42 Å². The van der Waals surface area contributed by atoms with Gasteiger partial charge < -0.3 is 10.6 Å². The van der Waals surface area contributed by atoms with E-state index in [4.69, 9.17) is 11.6 Å². The molecule has 0 radical (unpaired) electrons. The van der Waals surface area contributed by atoms with Gasteiger partial charge in [0.05, 0.1) is 0 Å². The second kappa shape index (κ2) is 7.27. The van der Waals surface area contributed by atoms with Gasteiger partial charge in [0.2, 0.25) is 5.95 Å². The Hall–Kier alpha value is -1.81. The quantitative estimate of drug-likeness (QED) is 0.849. The monoisotopic (exact) mass is 304 g/mol. The Balaban J connectivity index is 1.93. The topological polar surface area (TPSA) is 49.8 Å². The summed E-state index contributed by atoms with van der Waals surface area (Å²) in [6.45, 7) is 6.93. The van der Waals surface area contributed by atoms with Crippen molar-refractivity contribution in [3.63, 3.8) is 0 Å². The summed E-state index contributed by atoms with van der Waals surface area (Å²) in [7, 11) is 0. The summed E-state index contributed by atoms with van der Waals surface area (Å²) in [5.41, 5.74) is 2.19. The molecule has 0 unspecified atom stereocenters. The fourth-order valence-electron chi connectivity index (χ4n) is 1.97.